The Hall–Kier alpha value is -4.10. The molecule has 1 heteroatoms. The van der Waals surface area contributed by atoms with E-state index in [0.29, 0.717) is 0 Å². The molecule has 4 fully saturated rings. The van der Waals surface area contributed by atoms with Crippen LogP contribution in [0.5, 0.6) is 0 Å². The Morgan fingerprint density at radius 3 is 1.66 bits per heavy atom. The molecule has 1 nitrogen and oxygen atoms in total. The van der Waals surface area contributed by atoms with E-state index in [1.165, 1.54) is 71.2 Å². The largest absolute Gasteiger partial charge is 0.355 e. The van der Waals surface area contributed by atoms with Gasteiger partial charge in [0.05, 0.1) is 0 Å². The van der Waals surface area contributed by atoms with Gasteiger partial charge in [0.1, 0.15) is 0 Å². The molecule has 200 valence electrons. The summed E-state index contributed by atoms with van der Waals surface area (Å²) in [5.74, 6) is 3.44. The Morgan fingerprint density at radius 1 is 0.463 bits per heavy atom. The lowest BCUT2D eigenvalue weighted by atomic mass is 9.43. The van der Waals surface area contributed by atoms with Crippen molar-refractivity contribution in [3.8, 4) is 33.4 Å². The first kappa shape index (κ1) is 23.6. The van der Waals surface area contributed by atoms with Gasteiger partial charge in [-0.1, -0.05) is 103 Å². The van der Waals surface area contributed by atoms with Crippen molar-refractivity contribution < 1.29 is 0 Å². The molecule has 41 heavy (non-hydrogen) atoms. The molecule has 1 spiro atoms. The number of anilines is 2. The minimum absolute atomic E-state index is 0.170. The van der Waals surface area contributed by atoms with Gasteiger partial charge >= 0.3 is 0 Å². The van der Waals surface area contributed by atoms with Crippen molar-refractivity contribution in [2.24, 2.45) is 23.7 Å². The van der Waals surface area contributed by atoms with E-state index < -0.39 is 0 Å². The molecule has 0 radical (unpaired) electrons. The van der Waals surface area contributed by atoms with Crippen LogP contribution >= 0.6 is 0 Å². The maximum Gasteiger partial charge on any atom is 0.0432 e. The highest BCUT2D eigenvalue weighted by Gasteiger charge is 2.62. The van der Waals surface area contributed by atoms with Gasteiger partial charge in [0.15, 0.2) is 0 Å². The summed E-state index contributed by atoms with van der Waals surface area (Å²) in [4.78, 5) is 0. The first-order chi connectivity index (χ1) is 20.3. The van der Waals surface area contributed by atoms with Gasteiger partial charge in [-0.3, -0.25) is 0 Å². The number of fused-ring (bicyclic) bond motifs is 3. The molecule has 0 atom stereocenters. The zero-order valence-electron chi connectivity index (χ0n) is 23.4. The normalized spacial score (nSPS) is 26.6. The van der Waals surface area contributed by atoms with Crippen LogP contribution in [0.15, 0.2) is 121 Å². The van der Waals surface area contributed by atoms with Crippen molar-refractivity contribution in [2.45, 2.75) is 37.5 Å². The van der Waals surface area contributed by atoms with Crippen molar-refractivity contribution in [1.29, 1.82) is 0 Å². The van der Waals surface area contributed by atoms with Gasteiger partial charge in [-0.05, 0) is 118 Å². The van der Waals surface area contributed by atoms with E-state index in [0.717, 1.165) is 29.4 Å². The average molecular weight is 530 g/mol. The Balaban J connectivity index is 1.07. The highest BCUT2D eigenvalue weighted by Crippen LogP contribution is 2.70. The second-order valence-corrected chi connectivity index (χ2v) is 13.1. The SMILES string of the molecule is c1ccc(-c2ccc(-c3ccc(Nc4cccc5c4C4(c6ccccc6-5)C5CC6CC(C5)CC4C6)cc3)cc2)cc1. The maximum absolute atomic E-state index is 3.93. The van der Waals surface area contributed by atoms with Crippen LogP contribution < -0.4 is 5.32 Å². The molecular formula is C40H35N. The van der Waals surface area contributed by atoms with Crippen LogP contribution in [0, 0.1) is 23.7 Å². The number of benzene rings is 5. The fraction of sp³-hybridized carbons (Fsp3) is 0.250. The lowest BCUT2D eigenvalue weighted by Crippen LogP contribution is -2.55. The number of hydrogen-bond donors (Lipinski definition) is 1. The fourth-order valence-corrected chi connectivity index (χ4v) is 9.70. The van der Waals surface area contributed by atoms with Crippen molar-refractivity contribution in [2.75, 3.05) is 5.32 Å². The molecule has 0 aromatic heterocycles. The third kappa shape index (κ3) is 3.48. The van der Waals surface area contributed by atoms with Crippen LogP contribution in [-0.2, 0) is 5.41 Å². The molecule has 0 aliphatic heterocycles. The molecule has 5 aromatic rings. The predicted molar refractivity (Wildman–Crippen MR) is 170 cm³/mol. The van der Waals surface area contributed by atoms with E-state index in [-0.39, 0.29) is 5.41 Å². The third-order valence-electron chi connectivity index (χ3n) is 11.1. The van der Waals surface area contributed by atoms with Crippen molar-refractivity contribution >= 4 is 11.4 Å². The quantitative estimate of drug-likeness (QED) is 0.244. The zero-order valence-corrected chi connectivity index (χ0v) is 23.4. The summed E-state index contributed by atoms with van der Waals surface area (Å²) < 4.78 is 0. The lowest BCUT2D eigenvalue weighted by molar-refractivity contribution is -0.0396. The van der Waals surface area contributed by atoms with Crippen LogP contribution in [0.4, 0.5) is 11.4 Å². The highest BCUT2D eigenvalue weighted by atomic mass is 14.9. The summed E-state index contributed by atoms with van der Waals surface area (Å²) in [7, 11) is 0. The first-order valence-electron chi connectivity index (χ1n) is 15.5. The Morgan fingerprint density at radius 2 is 1.00 bits per heavy atom. The van der Waals surface area contributed by atoms with E-state index in [2.05, 4.69) is 127 Å². The van der Waals surface area contributed by atoms with Crippen LogP contribution in [0.2, 0.25) is 0 Å². The van der Waals surface area contributed by atoms with Crippen LogP contribution in [0.25, 0.3) is 33.4 Å². The van der Waals surface area contributed by atoms with E-state index in [1.807, 2.05) is 0 Å². The molecule has 5 aliphatic carbocycles. The lowest BCUT2D eigenvalue weighted by Gasteiger charge is -2.61. The van der Waals surface area contributed by atoms with E-state index >= 15 is 0 Å². The summed E-state index contributed by atoms with van der Waals surface area (Å²) in [6.45, 7) is 0. The zero-order chi connectivity index (χ0) is 27.0. The molecule has 0 saturated heterocycles. The van der Waals surface area contributed by atoms with Crippen LogP contribution in [-0.4, -0.2) is 0 Å². The number of hydrogen-bond acceptors (Lipinski definition) is 1. The fourth-order valence-electron chi connectivity index (χ4n) is 9.70. The molecule has 4 bridgehead atoms. The predicted octanol–water partition coefficient (Wildman–Crippen LogP) is 10.5. The molecule has 4 saturated carbocycles. The maximum atomic E-state index is 3.93. The van der Waals surface area contributed by atoms with Crippen molar-refractivity contribution in [3.05, 3.63) is 132 Å². The second-order valence-electron chi connectivity index (χ2n) is 13.1. The van der Waals surface area contributed by atoms with E-state index in [1.54, 1.807) is 11.1 Å². The van der Waals surface area contributed by atoms with Gasteiger partial charge in [0.25, 0.3) is 0 Å². The Bertz CT molecular complexity index is 1720. The topological polar surface area (TPSA) is 12.0 Å². The van der Waals surface area contributed by atoms with Gasteiger partial charge in [0.2, 0.25) is 0 Å². The van der Waals surface area contributed by atoms with Crippen molar-refractivity contribution in [1.82, 2.24) is 0 Å². The minimum Gasteiger partial charge on any atom is -0.355 e. The van der Waals surface area contributed by atoms with E-state index in [4.69, 9.17) is 0 Å². The summed E-state index contributed by atoms with van der Waals surface area (Å²) in [5.41, 5.74) is 13.8. The number of nitrogens with one attached hydrogen (secondary N) is 1. The van der Waals surface area contributed by atoms with Gasteiger partial charge in [-0.2, -0.15) is 0 Å². The molecule has 0 amide bonds. The summed E-state index contributed by atoms with van der Waals surface area (Å²) in [6, 6.07) is 44.9. The smallest absolute Gasteiger partial charge is 0.0432 e. The van der Waals surface area contributed by atoms with Gasteiger partial charge in [-0.25, -0.2) is 0 Å². The van der Waals surface area contributed by atoms with E-state index in [9.17, 15) is 0 Å². The highest BCUT2D eigenvalue weighted by molar-refractivity contribution is 5.88. The standard InChI is InChI=1S/C40H35N/c1-2-7-28(8-3-1)29-13-15-30(16-14-29)31-17-19-34(20-18-31)41-38-12-6-10-36-35-9-4-5-11-37(35)40(39(36)38)32-22-26-21-27(24-32)25-33(40)23-26/h1-20,26-27,32-33,41H,21-25H2. The van der Waals surface area contributed by atoms with Crippen LogP contribution in [0.1, 0.15) is 43.2 Å². The average Bonchev–Trinajstić information content (AvgIpc) is 3.32. The summed E-state index contributed by atoms with van der Waals surface area (Å²) in [6.07, 6.45) is 7.12. The third-order valence-corrected chi connectivity index (χ3v) is 11.1. The van der Waals surface area contributed by atoms with Crippen LogP contribution in [0.3, 0.4) is 0 Å². The Kier molecular flexibility index (Phi) is 5.15. The molecule has 10 rings (SSSR count). The minimum atomic E-state index is 0.170. The van der Waals surface area contributed by atoms with Gasteiger partial charge in [-0.15, -0.1) is 0 Å². The van der Waals surface area contributed by atoms with Crippen molar-refractivity contribution in [3.63, 3.8) is 0 Å². The van der Waals surface area contributed by atoms with Gasteiger partial charge in [0, 0.05) is 16.8 Å². The molecule has 1 N–H and O–H groups in total. The Labute approximate surface area is 243 Å². The summed E-state index contributed by atoms with van der Waals surface area (Å²) >= 11 is 0. The van der Waals surface area contributed by atoms with Gasteiger partial charge < -0.3 is 5.32 Å². The monoisotopic (exact) mass is 529 g/mol. The number of rotatable bonds is 4. The molecule has 5 aliphatic rings. The molecule has 5 aromatic carbocycles. The molecule has 0 unspecified atom stereocenters. The molecule has 0 heterocycles. The first-order valence-corrected chi connectivity index (χ1v) is 15.5. The second kappa shape index (κ2) is 8.95. The summed E-state index contributed by atoms with van der Waals surface area (Å²) in [5, 5.41) is 3.93. The molecular weight excluding hydrogens is 494 g/mol.